The highest BCUT2D eigenvalue weighted by atomic mass is 127. The SMILES string of the molecule is CN=C(NCc1nc(-c2ccc(Cl)cc2)no1)N1CCCC(CC(N)=O)C1.I. The lowest BCUT2D eigenvalue weighted by atomic mass is 9.95. The average Bonchev–Trinajstić information content (AvgIpc) is 3.11. The highest BCUT2D eigenvalue weighted by Crippen LogP contribution is 2.20. The highest BCUT2D eigenvalue weighted by molar-refractivity contribution is 14.0. The van der Waals surface area contributed by atoms with Crippen LogP contribution in [0, 0.1) is 5.92 Å². The van der Waals surface area contributed by atoms with Gasteiger partial charge in [-0.3, -0.25) is 9.79 Å². The quantitative estimate of drug-likeness (QED) is 0.358. The number of nitrogens with one attached hydrogen (secondary N) is 1. The number of hydrogen-bond acceptors (Lipinski definition) is 5. The van der Waals surface area contributed by atoms with Gasteiger partial charge in [0.25, 0.3) is 0 Å². The monoisotopic (exact) mass is 518 g/mol. The number of rotatable bonds is 5. The van der Waals surface area contributed by atoms with Crippen LogP contribution >= 0.6 is 35.6 Å². The Labute approximate surface area is 185 Å². The van der Waals surface area contributed by atoms with Crippen LogP contribution in [0.3, 0.4) is 0 Å². The van der Waals surface area contributed by atoms with E-state index in [2.05, 4.69) is 25.3 Å². The van der Waals surface area contributed by atoms with Crippen LogP contribution in [0.4, 0.5) is 0 Å². The molecular weight excluding hydrogens is 495 g/mol. The van der Waals surface area contributed by atoms with Crippen molar-refractivity contribution in [3.8, 4) is 11.4 Å². The molecule has 0 bridgehead atoms. The Bertz CT molecular complexity index is 811. The van der Waals surface area contributed by atoms with Crippen LogP contribution in [0.5, 0.6) is 0 Å². The fraction of sp³-hybridized carbons (Fsp3) is 0.444. The van der Waals surface area contributed by atoms with E-state index in [9.17, 15) is 4.79 Å². The van der Waals surface area contributed by atoms with Crippen LogP contribution in [-0.2, 0) is 11.3 Å². The number of primary amides is 1. The molecular formula is C18H24ClIN6O2. The Morgan fingerprint density at radius 1 is 1.43 bits per heavy atom. The molecule has 1 fully saturated rings. The van der Waals surface area contributed by atoms with Gasteiger partial charge < -0.3 is 20.5 Å². The van der Waals surface area contributed by atoms with E-state index in [1.807, 2.05) is 12.1 Å². The van der Waals surface area contributed by atoms with Crippen LogP contribution in [0.15, 0.2) is 33.8 Å². The predicted octanol–water partition coefficient (Wildman–Crippen LogP) is 2.67. The number of amides is 1. The normalized spacial score (nSPS) is 17.1. The average molecular weight is 519 g/mol. The molecule has 1 aromatic heterocycles. The molecule has 1 unspecified atom stereocenters. The molecule has 3 N–H and O–H groups in total. The van der Waals surface area contributed by atoms with E-state index in [4.69, 9.17) is 21.9 Å². The molecule has 0 aliphatic carbocycles. The van der Waals surface area contributed by atoms with Crippen LogP contribution in [-0.4, -0.2) is 47.0 Å². The van der Waals surface area contributed by atoms with Crippen LogP contribution in [0.2, 0.25) is 5.02 Å². The van der Waals surface area contributed by atoms with E-state index in [-0.39, 0.29) is 35.8 Å². The van der Waals surface area contributed by atoms with Gasteiger partial charge in [0.15, 0.2) is 5.96 Å². The van der Waals surface area contributed by atoms with E-state index in [0.717, 1.165) is 37.5 Å². The molecule has 1 aliphatic heterocycles. The van der Waals surface area contributed by atoms with Crippen molar-refractivity contribution >= 4 is 47.4 Å². The minimum atomic E-state index is -0.259. The summed E-state index contributed by atoms with van der Waals surface area (Å²) < 4.78 is 5.31. The van der Waals surface area contributed by atoms with Gasteiger partial charge in [-0.15, -0.1) is 24.0 Å². The third-order valence-corrected chi connectivity index (χ3v) is 4.74. The smallest absolute Gasteiger partial charge is 0.246 e. The number of carbonyl (C=O) groups is 1. The highest BCUT2D eigenvalue weighted by Gasteiger charge is 2.23. The minimum absolute atomic E-state index is 0. The molecule has 3 rings (SSSR count). The number of likely N-dealkylation sites (tertiary alicyclic amines) is 1. The summed E-state index contributed by atoms with van der Waals surface area (Å²) in [6.07, 6.45) is 2.41. The summed E-state index contributed by atoms with van der Waals surface area (Å²) in [5, 5.41) is 7.91. The van der Waals surface area contributed by atoms with Crippen molar-refractivity contribution in [1.29, 1.82) is 0 Å². The van der Waals surface area contributed by atoms with Gasteiger partial charge in [-0.2, -0.15) is 4.98 Å². The van der Waals surface area contributed by atoms with Gasteiger partial charge >= 0.3 is 0 Å². The number of nitrogens with zero attached hydrogens (tertiary/aromatic N) is 4. The van der Waals surface area contributed by atoms with Crippen molar-refractivity contribution in [3.63, 3.8) is 0 Å². The van der Waals surface area contributed by atoms with Crippen LogP contribution in [0.1, 0.15) is 25.2 Å². The summed E-state index contributed by atoms with van der Waals surface area (Å²) in [4.78, 5) is 22.0. The molecule has 0 radical (unpaired) electrons. The minimum Gasteiger partial charge on any atom is -0.370 e. The fourth-order valence-corrected chi connectivity index (χ4v) is 3.36. The van der Waals surface area contributed by atoms with Gasteiger partial charge in [0.2, 0.25) is 17.6 Å². The summed E-state index contributed by atoms with van der Waals surface area (Å²) in [6, 6.07) is 7.25. The van der Waals surface area contributed by atoms with Crippen LogP contribution in [0.25, 0.3) is 11.4 Å². The molecule has 1 saturated heterocycles. The molecule has 1 aromatic carbocycles. The summed E-state index contributed by atoms with van der Waals surface area (Å²) in [7, 11) is 1.73. The molecule has 28 heavy (non-hydrogen) atoms. The van der Waals surface area contributed by atoms with Crippen molar-refractivity contribution in [2.45, 2.75) is 25.8 Å². The van der Waals surface area contributed by atoms with Gasteiger partial charge in [0.05, 0.1) is 6.54 Å². The van der Waals surface area contributed by atoms with Gasteiger partial charge in [-0.1, -0.05) is 16.8 Å². The zero-order chi connectivity index (χ0) is 19.2. The third-order valence-electron chi connectivity index (χ3n) is 4.49. The molecule has 2 heterocycles. The molecule has 2 aromatic rings. The maximum atomic E-state index is 11.2. The van der Waals surface area contributed by atoms with Gasteiger partial charge in [-0.05, 0) is 43.0 Å². The number of aliphatic imine (C=N–C) groups is 1. The Kier molecular flexibility index (Phi) is 8.49. The van der Waals surface area contributed by atoms with Crippen molar-refractivity contribution < 1.29 is 9.32 Å². The molecule has 8 nitrogen and oxygen atoms in total. The first-order chi connectivity index (χ1) is 13.0. The third kappa shape index (κ3) is 6.06. The Morgan fingerprint density at radius 3 is 2.86 bits per heavy atom. The summed E-state index contributed by atoms with van der Waals surface area (Å²) >= 11 is 5.90. The van der Waals surface area contributed by atoms with E-state index >= 15 is 0 Å². The Morgan fingerprint density at radius 2 is 2.18 bits per heavy atom. The summed E-state index contributed by atoms with van der Waals surface area (Å²) in [6.45, 7) is 2.00. The van der Waals surface area contributed by atoms with E-state index in [1.165, 1.54) is 0 Å². The topological polar surface area (TPSA) is 110 Å². The van der Waals surface area contributed by atoms with E-state index < -0.39 is 0 Å². The molecule has 1 amide bonds. The van der Waals surface area contributed by atoms with E-state index in [1.54, 1.807) is 19.2 Å². The number of halogens is 2. The Hall–Kier alpha value is -1.88. The number of hydrogen-bond donors (Lipinski definition) is 2. The first-order valence-corrected chi connectivity index (χ1v) is 9.25. The van der Waals surface area contributed by atoms with Crippen molar-refractivity contribution in [1.82, 2.24) is 20.4 Å². The molecule has 0 spiro atoms. The van der Waals surface area contributed by atoms with E-state index in [0.29, 0.717) is 29.7 Å². The maximum Gasteiger partial charge on any atom is 0.246 e. The molecule has 10 heteroatoms. The second-order valence-corrected chi connectivity index (χ2v) is 6.98. The Balaban J connectivity index is 0.00000280. The molecule has 152 valence electrons. The summed E-state index contributed by atoms with van der Waals surface area (Å²) in [5.41, 5.74) is 6.17. The van der Waals surface area contributed by atoms with Crippen LogP contribution < -0.4 is 11.1 Å². The lowest BCUT2D eigenvalue weighted by Gasteiger charge is -2.34. The molecule has 1 aliphatic rings. The molecule has 1 atom stereocenters. The van der Waals surface area contributed by atoms with Crippen molar-refractivity contribution in [3.05, 3.63) is 35.2 Å². The van der Waals surface area contributed by atoms with Crippen molar-refractivity contribution in [2.75, 3.05) is 20.1 Å². The lowest BCUT2D eigenvalue weighted by molar-refractivity contribution is -0.119. The fourth-order valence-electron chi connectivity index (χ4n) is 3.24. The predicted molar refractivity (Wildman–Crippen MR) is 118 cm³/mol. The molecule has 0 saturated carbocycles. The second-order valence-electron chi connectivity index (χ2n) is 6.54. The van der Waals surface area contributed by atoms with Gasteiger partial charge in [0, 0.05) is 37.1 Å². The van der Waals surface area contributed by atoms with Crippen molar-refractivity contribution in [2.24, 2.45) is 16.6 Å². The number of nitrogens with two attached hydrogens (primary N) is 1. The number of guanidine groups is 1. The standard InChI is InChI=1S/C18H23ClN6O2.HI/c1-21-18(25-8-2-3-12(11-25)9-15(20)26)22-10-16-23-17(24-27-16)13-4-6-14(19)7-5-13;/h4-7,12H,2-3,8-11H2,1H3,(H2,20,26)(H,21,22);1H. The first-order valence-electron chi connectivity index (χ1n) is 8.87. The second kappa shape index (κ2) is 10.6. The zero-order valence-corrected chi connectivity index (χ0v) is 18.7. The number of piperidine rings is 1. The van der Waals surface area contributed by atoms with Gasteiger partial charge in [-0.25, -0.2) is 0 Å². The first kappa shape index (κ1) is 22.4. The largest absolute Gasteiger partial charge is 0.370 e. The maximum absolute atomic E-state index is 11.2. The lowest BCUT2D eigenvalue weighted by Crippen LogP contribution is -2.46. The van der Waals surface area contributed by atoms with Gasteiger partial charge in [0.1, 0.15) is 0 Å². The number of aromatic nitrogens is 2. The zero-order valence-electron chi connectivity index (χ0n) is 15.6. The summed E-state index contributed by atoms with van der Waals surface area (Å²) in [5.74, 6) is 1.72. The number of carbonyl (C=O) groups excluding carboxylic acids is 1. The number of benzene rings is 1.